The van der Waals surface area contributed by atoms with E-state index in [1.54, 1.807) is 11.0 Å². The molecule has 4 rings (SSSR count). The molecule has 1 unspecified atom stereocenters. The average molecular weight is 424 g/mol. The molecule has 4 amide bonds. The fourth-order valence-corrected chi connectivity index (χ4v) is 4.20. The second-order valence-electron chi connectivity index (χ2n) is 8.11. The molecule has 1 aromatic heterocycles. The molecule has 0 aliphatic carbocycles. The van der Waals surface area contributed by atoms with E-state index in [-0.39, 0.29) is 30.0 Å². The van der Waals surface area contributed by atoms with Crippen LogP contribution in [0.4, 0.5) is 9.18 Å². The number of carbonyl (C=O) groups excluding carboxylic acids is 3. The minimum atomic E-state index is -0.664. The lowest BCUT2D eigenvalue weighted by Gasteiger charge is -2.34. The standard InChI is InChI=1S/C23H25FN4O3/c24-18-3-1-2-15(13-18)12-16-4-5-19(25-14-16)17-8-10-28(11-9-17)22(30)20-6-7-21(29)27-23(31)26-20/h1-5,13-14,17,20H,6-12H2,(H2,26,27,29,31). The normalized spacial score (nSPS) is 20.0. The Labute approximate surface area is 180 Å². The molecule has 1 aromatic carbocycles. The zero-order valence-corrected chi connectivity index (χ0v) is 17.1. The monoisotopic (exact) mass is 424 g/mol. The Morgan fingerprint density at radius 2 is 1.90 bits per heavy atom. The summed E-state index contributed by atoms with van der Waals surface area (Å²) in [4.78, 5) is 42.2. The van der Waals surface area contributed by atoms with E-state index in [4.69, 9.17) is 0 Å². The van der Waals surface area contributed by atoms with Gasteiger partial charge in [0.15, 0.2) is 0 Å². The molecule has 2 N–H and O–H groups in total. The highest BCUT2D eigenvalue weighted by molar-refractivity contribution is 5.98. The maximum atomic E-state index is 13.4. The van der Waals surface area contributed by atoms with Crippen molar-refractivity contribution in [2.24, 2.45) is 0 Å². The molecule has 7 nitrogen and oxygen atoms in total. The van der Waals surface area contributed by atoms with Gasteiger partial charge in [-0.15, -0.1) is 0 Å². The number of urea groups is 1. The topological polar surface area (TPSA) is 91.4 Å². The van der Waals surface area contributed by atoms with Crippen LogP contribution in [0.3, 0.4) is 0 Å². The van der Waals surface area contributed by atoms with Gasteiger partial charge >= 0.3 is 6.03 Å². The number of nitrogens with zero attached hydrogens (tertiary/aromatic N) is 2. The summed E-state index contributed by atoms with van der Waals surface area (Å²) in [5.41, 5.74) is 2.92. The van der Waals surface area contributed by atoms with E-state index in [9.17, 15) is 18.8 Å². The minimum Gasteiger partial charge on any atom is -0.341 e. The third-order valence-corrected chi connectivity index (χ3v) is 5.89. The van der Waals surface area contributed by atoms with Crippen LogP contribution < -0.4 is 10.6 Å². The first-order valence-corrected chi connectivity index (χ1v) is 10.6. The van der Waals surface area contributed by atoms with Crippen LogP contribution in [0.2, 0.25) is 0 Å². The van der Waals surface area contributed by atoms with Crippen molar-refractivity contribution >= 4 is 17.8 Å². The van der Waals surface area contributed by atoms with Gasteiger partial charge in [-0.2, -0.15) is 0 Å². The molecule has 2 aliphatic rings. The minimum absolute atomic E-state index is 0.137. The van der Waals surface area contributed by atoms with Crippen LogP contribution in [0.15, 0.2) is 42.6 Å². The number of hydrogen-bond donors (Lipinski definition) is 2. The molecule has 1 atom stereocenters. The summed E-state index contributed by atoms with van der Waals surface area (Å²) in [5.74, 6) is -0.478. The van der Waals surface area contributed by atoms with Crippen molar-refractivity contribution in [2.45, 2.75) is 44.1 Å². The molecule has 8 heteroatoms. The van der Waals surface area contributed by atoms with Gasteiger partial charge in [0.2, 0.25) is 11.8 Å². The first-order chi connectivity index (χ1) is 15.0. The maximum absolute atomic E-state index is 13.4. The van der Waals surface area contributed by atoms with Crippen molar-refractivity contribution in [3.05, 3.63) is 65.2 Å². The van der Waals surface area contributed by atoms with E-state index in [2.05, 4.69) is 15.6 Å². The number of nitrogens with one attached hydrogen (secondary N) is 2. The van der Waals surface area contributed by atoms with Gasteiger partial charge < -0.3 is 10.2 Å². The molecular formula is C23H25FN4O3. The number of imide groups is 1. The van der Waals surface area contributed by atoms with E-state index in [1.807, 2.05) is 24.4 Å². The number of halogens is 1. The van der Waals surface area contributed by atoms with E-state index < -0.39 is 12.1 Å². The number of piperidine rings is 1. The number of benzene rings is 1. The molecule has 2 aliphatic heterocycles. The van der Waals surface area contributed by atoms with Crippen LogP contribution >= 0.6 is 0 Å². The second-order valence-corrected chi connectivity index (χ2v) is 8.11. The fourth-order valence-electron chi connectivity index (χ4n) is 4.20. The van der Waals surface area contributed by atoms with Crippen molar-refractivity contribution < 1.29 is 18.8 Å². The Morgan fingerprint density at radius 3 is 2.61 bits per heavy atom. The largest absolute Gasteiger partial charge is 0.341 e. The van der Waals surface area contributed by atoms with Gasteiger partial charge in [0, 0.05) is 37.3 Å². The molecule has 162 valence electrons. The van der Waals surface area contributed by atoms with Crippen molar-refractivity contribution in [1.29, 1.82) is 0 Å². The van der Waals surface area contributed by atoms with Gasteiger partial charge in [-0.1, -0.05) is 18.2 Å². The van der Waals surface area contributed by atoms with Gasteiger partial charge in [0.05, 0.1) is 0 Å². The van der Waals surface area contributed by atoms with Crippen molar-refractivity contribution in [2.75, 3.05) is 13.1 Å². The summed E-state index contributed by atoms with van der Waals surface area (Å²) in [6.07, 6.45) is 4.51. The van der Waals surface area contributed by atoms with Crippen molar-refractivity contribution in [1.82, 2.24) is 20.5 Å². The highest BCUT2D eigenvalue weighted by atomic mass is 19.1. The number of pyridine rings is 1. The van der Waals surface area contributed by atoms with Crippen LogP contribution in [0.1, 0.15) is 48.4 Å². The summed E-state index contributed by atoms with van der Waals surface area (Å²) in [7, 11) is 0. The van der Waals surface area contributed by atoms with Crippen molar-refractivity contribution in [3.63, 3.8) is 0 Å². The van der Waals surface area contributed by atoms with Crippen LogP contribution in [0.25, 0.3) is 0 Å². The Morgan fingerprint density at radius 1 is 1.10 bits per heavy atom. The molecule has 2 fully saturated rings. The Hall–Kier alpha value is -3.29. The molecule has 31 heavy (non-hydrogen) atoms. The van der Waals surface area contributed by atoms with Crippen LogP contribution in [0, 0.1) is 5.82 Å². The predicted octanol–water partition coefficient (Wildman–Crippen LogP) is 2.51. The van der Waals surface area contributed by atoms with Gasteiger partial charge in [0.1, 0.15) is 11.9 Å². The second kappa shape index (κ2) is 9.24. The summed E-state index contributed by atoms with van der Waals surface area (Å²) >= 11 is 0. The number of aromatic nitrogens is 1. The lowest BCUT2D eigenvalue weighted by molar-refractivity contribution is -0.134. The zero-order valence-electron chi connectivity index (χ0n) is 17.1. The number of likely N-dealkylation sites (tertiary alicyclic amines) is 1. The van der Waals surface area contributed by atoms with Gasteiger partial charge in [-0.25, -0.2) is 9.18 Å². The van der Waals surface area contributed by atoms with Crippen LogP contribution in [0.5, 0.6) is 0 Å². The van der Waals surface area contributed by atoms with E-state index in [1.165, 1.54) is 12.1 Å². The number of carbonyl (C=O) groups is 3. The first kappa shape index (κ1) is 21.0. The maximum Gasteiger partial charge on any atom is 0.322 e. The Balaban J connectivity index is 1.31. The van der Waals surface area contributed by atoms with Crippen molar-refractivity contribution in [3.8, 4) is 0 Å². The summed E-state index contributed by atoms with van der Waals surface area (Å²) in [5, 5.41) is 4.77. The molecule has 0 saturated carbocycles. The third kappa shape index (κ3) is 5.25. The highest BCUT2D eigenvalue weighted by Crippen LogP contribution is 2.27. The molecule has 0 bridgehead atoms. The molecule has 2 aromatic rings. The number of hydrogen-bond acceptors (Lipinski definition) is 4. The zero-order chi connectivity index (χ0) is 21.8. The van der Waals surface area contributed by atoms with Gasteiger partial charge in [0.25, 0.3) is 0 Å². The number of amides is 4. The van der Waals surface area contributed by atoms with E-state index >= 15 is 0 Å². The van der Waals surface area contributed by atoms with Gasteiger partial charge in [-0.3, -0.25) is 19.9 Å². The summed E-state index contributed by atoms with van der Waals surface area (Å²) in [6, 6.07) is 9.32. The lowest BCUT2D eigenvalue weighted by atomic mass is 9.92. The molecular weight excluding hydrogens is 399 g/mol. The average Bonchev–Trinajstić information content (AvgIpc) is 2.94. The van der Waals surface area contributed by atoms with Crippen LogP contribution in [-0.2, 0) is 16.0 Å². The Bertz CT molecular complexity index is 971. The molecule has 2 saturated heterocycles. The quantitative estimate of drug-likeness (QED) is 0.789. The molecule has 3 heterocycles. The predicted molar refractivity (Wildman–Crippen MR) is 112 cm³/mol. The van der Waals surface area contributed by atoms with Gasteiger partial charge in [-0.05, 0) is 55.0 Å². The first-order valence-electron chi connectivity index (χ1n) is 10.6. The molecule has 0 radical (unpaired) electrons. The summed E-state index contributed by atoms with van der Waals surface area (Å²) in [6.45, 7) is 1.17. The smallest absolute Gasteiger partial charge is 0.322 e. The third-order valence-electron chi connectivity index (χ3n) is 5.89. The summed E-state index contributed by atoms with van der Waals surface area (Å²) < 4.78 is 13.4. The Kier molecular flexibility index (Phi) is 6.25. The highest BCUT2D eigenvalue weighted by Gasteiger charge is 2.32. The lowest BCUT2D eigenvalue weighted by Crippen LogP contribution is -2.51. The SMILES string of the molecule is O=C1CCC(C(=O)N2CCC(c3ccc(Cc4cccc(F)c4)cn3)CC2)NC(=O)N1. The number of rotatable bonds is 4. The van der Waals surface area contributed by atoms with E-state index in [0.717, 1.165) is 29.7 Å². The van der Waals surface area contributed by atoms with E-state index in [0.29, 0.717) is 25.9 Å². The fraction of sp³-hybridized carbons (Fsp3) is 0.391. The van der Waals surface area contributed by atoms with Crippen LogP contribution in [-0.4, -0.2) is 46.9 Å². The molecule has 0 spiro atoms.